The normalized spacial score (nSPS) is 11.5. The standard InChI is InChI=1S/C10H15NO4S/c1-7(2)15-10-6-8(4-5-9(10)12)11-16(3,13)14/h4-7,11-12H,1-3H3. The summed E-state index contributed by atoms with van der Waals surface area (Å²) in [7, 11) is -3.32. The maximum atomic E-state index is 11.0. The Bertz CT molecular complexity index is 468. The summed E-state index contributed by atoms with van der Waals surface area (Å²) in [5, 5.41) is 9.48. The van der Waals surface area contributed by atoms with Crippen molar-refractivity contribution in [3.63, 3.8) is 0 Å². The molecule has 1 aromatic rings. The Hall–Kier alpha value is -1.43. The molecule has 0 aliphatic rings. The average molecular weight is 245 g/mol. The molecule has 0 bridgehead atoms. The first-order valence-electron chi connectivity index (χ1n) is 4.75. The van der Waals surface area contributed by atoms with Crippen LogP contribution in [0.1, 0.15) is 13.8 Å². The number of hydrogen-bond donors (Lipinski definition) is 2. The lowest BCUT2D eigenvalue weighted by atomic mass is 10.3. The van der Waals surface area contributed by atoms with Crippen LogP contribution >= 0.6 is 0 Å². The molecule has 16 heavy (non-hydrogen) atoms. The molecule has 0 aliphatic carbocycles. The van der Waals surface area contributed by atoms with E-state index in [2.05, 4.69) is 4.72 Å². The first-order valence-corrected chi connectivity index (χ1v) is 6.64. The fourth-order valence-electron chi connectivity index (χ4n) is 1.14. The largest absolute Gasteiger partial charge is 0.504 e. The van der Waals surface area contributed by atoms with Gasteiger partial charge in [0.05, 0.1) is 18.0 Å². The smallest absolute Gasteiger partial charge is 0.229 e. The van der Waals surface area contributed by atoms with Gasteiger partial charge in [-0.1, -0.05) is 0 Å². The highest BCUT2D eigenvalue weighted by Gasteiger charge is 2.08. The third-order valence-electron chi connectivity index (χ3n) is 1.63. The van der Waals surface area contributed by atoms with Crippen molar-refractivity contribution in [1.82, 2.24) is 0 Å². The molecule has 0 saturated heterocycles. The van der Waals surface area contributed by atoms with Crippen LogP contribution in [0.3, 0.4) is 0 Å². The fraction of sp³-hybridized carbons (Fsp3) is 0.400. The summed E-state index contributed by atoms with van der Waals surface area (Å²) in [5.41, 5.74) is 0.357. The minimum absolute atomic E-state index is 0.0206. The molecule has 0 aromatic heterocycles. The molecular formula is C10H15NO4S. The average Bonchev–Trinajstić information content (AvgIpc) is 2.07. The molecule has 6 heteroatoms. The van der Waals surface area contributed by atoms with E-state index in [1.807, 2.05) is 13.8 Å². The van der Waals surface area contributed by atoms with Crippen molar-refractivity contribution in [3.05, 3.63) is 18.2 Å². The molecule has 90 valence electrons. The lowest BCUT2D eigenvalue weighted by Crippen LogP contribution is -2.10. The van der Waals surface area contributed by atoms with Gasteiger partial charge in [0, 0.05) is 6.07 Å². The Labute approximate surface area is 95.1 Å². The van der Waals surface area contributed by atoms with E-state index in [4.69, 9.17) is 4.74 Å². The van der Waals surface area contributed by atoms with Crippen molar-refractivity contribution < 1.29 is 18.3 Å². The Morgan fingerprint density at radius 1 is 1.38 bits per heavy atom. The van der Waals surface area contributed by atoms with Gasteiger partial charge in [-0.15, -0.1) is 0 Å². The summed E-state index contributed by atoms with van der Waals surface area (Å²) in [6, 6.07) is 4.28. The molecule has 5 nitrogen and oxygen atoms in total. The van der Waals surface area contributed by atoms with E-state index in [0.717, 1.165) is 6.26 Å². The highest BCUT2D eigenvalue weighted by Crippen LogP contribution is 2.30. The van der Waals surface area contributed by atoms with E-state index in [-0.39, 0.29) is 17.6 Å². The van der Waals surface area contributed by atoms with Crippen molar-refractivity contribution in [2.75, 3.05) is 11.0 Å². The van der Waals surface area contributed by atoms with E-state index in [0.29, 0.717) is 5.69 Å². The second kappa shape index (κ2) is 4.61. The highest BCUT2D eigenvalue weighted by molar-refractivity contribution is 7.92. The van der Waals surface area contributed by atoms with Crippen LogP contribution in [0.2, 0.25) is 0 Å². The topological polar surface area (TPSA) is 75.6 Å². The molecule has 0 spiro atoms. The molecule has 0 heterocycles. The van der Waals surface area contributed by atoms with Gasteiger partial charge in [0.25, 0.3) is 0 Å². The van der Waals surface area contributed by atoms with Crippen LogP contribution in [0, 0.1) is 0 Å². The van der Waals surface area contributed by atoms with Crippen LogP contribution in [-0.2, 0) is 10.0 Å². The molecule has 0 amide bonds. The summed E-state index contributed by atoms with van der Waals surface area (Å²) in [4.78, 5) is 0. The minimum Gasteiger partial charge on any atom is -0.504 e. The van der Waals surface area contributed by atoms with Crippen LogP contribution in [0.5, 0.6) is 11.5 Å². The third-order valence-corrected chi connectivity index (χ3v) is 2.23. The number of benzene rings is 1. The van der Waals surface area contributed by atoms with E-state index >= 15 is 0 Å². The van der Waals surface area contributed by atoms with Crippen LogP contribution < -0.4 is 9.46 Å². The monoisotopic (exact) mass is 245 g/mol. The molecule has 0 radical (unpaired) electrons. The van der Waals surface area contributed by atoms with Crippen LogP contribution in [0.4, 0.5) is 5.69 Å². The molecule has 0 aliphatic heterocycles. The predicted octanol–water partition coefficient (Wildman–Crippen LogP) is 1.55. The number of hydrogen-bond acceptors (Lipinski definition) is 4. The Kier molecular flexibility index (Phi) is 3.64. The number of phenols is 1. The SMILES string of the molecule is CC(C)Oc1cc(NS(C)(=O)=O)ccc1O. The summed E-state index contributed by atoms with van der Waals surface area (Å²) >= 11 is 0. The zero-order valence-electron chi connectivity index (χ0n) is 9.39. The second-order valence-corrected chi connectivity index (χ2v) is 5.47. The van der Waals surface area contributed by atoms with E-state index in [1.165, 1.54) is 18.2 Å². The molecule has 0 atom stereocenters. The van der Waals surface area contributed by atoms with E-state index < -0.39 is 10.0 Å². The van der Waals surface area contributed by atoms with Gasteiger partial charge in [0.2, 0.25) is 10.0 Å². The summed E-state index contributed by atoms with van der Waals surface area (Å²) in [5.74, 6) is 0.233. The lowest BCUT2D eigenvalue weighted by molar-refractivity contribution is 0.232. The van der Waals surface area contributed by atoms with Gasteiger partial charge in [-0.3, -0.25) is 4.72 Å². The number of aromatic hydroxyl groups is 1. The third kappa shape index (κ3) is 3.98. The maximum absolute atomic E-state index is 11.0. The van der Waals surface area contributed by atoms with Crippen molar-refractivity contribution in [3.8, 4) is 11.5 Å². The van der Waals surface area contributed by atoms with Crippen molar-refractivity contribution in [2.45, 2.75) is 20.0 Å². The fourth-order valence-corrected chi connectivity index (χ4v) is 1.70. The summed E-state index contributed by atoms with van der Waals surface area (Å²) < 4.78 is 29.6. The van der Waals surface area contributed by atoms with Crippen LogP contribution in [0.15, 0.2) is 18.2 Å². The number of nitrogens with one attached hydrogen (secondary N) is 1. The lowest BCUT2D eigenvalue weighted by Gasteiger charge is -2.12. The molecule has 1 rings (SSSR count). The Morgan fingerprint density at radius 2 is 2.00 bits per heavy atom. The van der Waals surface area contributed by atoms with Gasteiger partial charge in [-0.2, -0.15) is 0 Å². The minimum atomic E-state index is -3.32. The number of phenolic OH excluding ortho intramolecular Hbond substituents is 1. The van der Waals surface area contributed by atoms with E-state index in [1.54, 1.807) is 0 Å². The van der Waals surface area contributed by atoms with Crippen molar-refractivity contribution >= 4 is 15.7 Å². The quantitative estimate of drug-likeness (QED) is 0.789. The van der Waals surface area contributed by atoms with Gasteiger partial charge in [-0.25, -0.2) is 8.42 Å². The molecule has 0 fully saturated rings. The number of ether oxygens (including phenoxy) is 1. The van der Waals surface area contributed by atoms with Crippen LogP contribution in [-0.4, -0.2) is 25.9 Å². The van der Waals surface area contributed by atoms with Crippen LogP contribution in [0.25, 0.3) is 0 Å². The van der Waals surface area contributed by atoms with Gasteiger partial charge in [0.1, 0.15) is 0 Å². The first kappa shape index (κ1) is 12.6. The molecule has 0 saturated carbocycles. The van der Waals surface area contributed by atoms with Gasteiger partial charge in [0.15, 0.2) is 11.5 Å². The second-order valence-electron chi connectivity index (χ2n) is 3.72. The Morgan fingerprint density at radius 3 is 2.50 bits per heavy atom. The van der Waals surface area contributed by atoms with E-state index in [9.17, 15) is 13.5 Å². The first-order chi connectivity index (χ1) is 7.28. The summed E-state index contributed by atoms with van der Waals surface area (Å²) in [6.45, 7) is 3.63. The maximum Gasteiger partial charge on any atom is 0.229 e. The zero-order valence-corrected chi connectivity index (χ0v) is 10.2. The highest BCUT2D eigenvalue weighted by atomic mass is 32.2. The zero-order chi connectivity index (χ0) is 12.3. The number of rotatable bonds is 4. The molecular weight excluding hydrogens is 230 g/mol. The molecule has 2 N–H and O–H groups in total. The summed E-state index contributed by atoms with van der Waals surface area (Å²) in [6.07, 6.45) is 0.961. The van der Waals surface area contributed by atoms with Gasteiger partial charge >= 0.3 is 0 Å². The molecule has 0 unspecified atom stereocenters. The predicted molar refractivity (Wildman–Crippen MR) is 62.3 cm³/mol. The Balaban J connectivity index is 2.98. The molecule has 1 aromatic carbocycles. The number of anilines is 1. The van der Waals surface area contributed by atoms with Crippen molar-refractivity contribution in [2.24, 2.45) is 0 Å². The van der Waals surface area contributed by atoms with Gasteiger partial charge in [-0.05, 0) is 26.0 Å². The number of sulfonamides is 1. The van der Waals surface area contributed by atoms with Crippen molar-refractivity contribution in [1.29, 1.82) is 0 Å². The van der Waals surface area contributed by atoms with Gasteiger partial charge < -0.3 is 9.84 Å².